The van der Waals surface area contributed by atoms with Crippen molar-refractivity contribution in [1.82, 2.24) is 5.32 Å². The van der Waals surface area contributed by atoms with Gasteiger partial charge in [-0.1, -0.05) is 45.4 Å². The summed E-state index contributed by atoms with van der Waals surface area (Å²) in [6, 6.07) is 7.57. The molecule has 0 bridgehead atoms. The van der Waals surface area contributed by atoms with E-state index in [1.807, 2.05) is 25.1 Å². The van der Waals surface area contributed by atoms with Gasteiger partial charge in [-0.05, 0) is 24.0 Å². The van der Waals surface area contributed by atoms with Crippen molar-refractivity contribution in [3.05, 3.63) is 29.8 Å². The minimum Gasteiger partial charge on any atom is -0.491 e. The van der Waals surface area contributed by atoms with E-state index in [1.54, 1.807) is 0 Å². The number of hydrogen-bond acceptors (Lipinski definition) is 3. The van der Waals surface area contributed by atoms with E-state index in [9.17, 15) is 4.79 Å². The summed E-state index contributed by atoms with van der Waals surface area (Å²) in [6.07, 6.45) is 1.62. The number of para-hydroxylation sites is 1. The molecule has 20 heavy (non-hydrogen) atoms. The Labute approximate surface area is 121 Å². The third-order valence-corrected chi connectivity index (χ3v) is 3.14. The fourth-order valence-corrected chi connectivity index (χ4v) is 2.00. The van der Waals surface area contributed by atoms with Gasteiger partial charge in [0, 0.05) is 0 Å². The Balaban J connectivity index is 2.36. The zero-order valence-corrected chi connectivity index (χ0v) is 12.7. The summed E-state index contributed by atoms with van der Waals surface area (Å²) in [4.78, 5) is 11.6. The lowest BCUT2D eigenvalue weighted by Crippen LogP contribution is -2.41. The van der Waals surface area contributed by atoms with Gasteiger partial charge < -0.3 is 15.8 Å². The van der Waals surface area contributed by atoms with Crippen LogP contribution in [0.2, 0.25) is 0 Å². The fraction of sp³-hybridized carbons (Fsp3) is 0.562. The molecule has 0 aromatic heterocycles. The van der Waals surface area contributed by atoms with Crippen LogP contribution in [-0.4, -0.2) is 25.1 Å². The van der Waals surface area contributed by atoms with E-state index in [-0.39, 0.29) is 5.91 Å². The van der Waals surface area contributed by atoms with Gasteiger partial charge in [0.15, 0.2) is 0 Å². The summed E-state index contributed by atoms with van der Waals surface area (Å²) in [5.41, 5.74) is 6.91. The quantitative estimate of drug-likeness (QED) is 0.718. The molecule has 0 spiro atoms. The fourth-order valence-electron chi connectivity index (χ4n) is 2.00. The first kappa shape index (κ1) is 16.5. The molecule has 1 unspecified atom stereocenters. The highest BCUT2D eigenvalue weighted by Crippen LogP contribution is 2.25. The SMILES string of the molecule is CCCC(N)C(=O)NCCOc1ccccc1C(C)C. The third-order valence-electron chi connectivity index (χ3n) is 3.14. The van der Waals surface area contributed by atoms with Crippen molar-refractivity contribution in [2.24, 2.45) is 5.73 Å². The first-order chi connectivity index (χ1) is 9.56. The second kappa shape index (κ2) is 8.59. The average molecular weight is 278 g/mol. The summed E-state index contributed by atoms with van der Waals surface area (Å²) in [6.45, 7) is 7.21. The van der Waals surface area contributed by atoms with Crippen molar-refractivity contribution in [2.75, 3.05) is 13.2 Å². The molecule has 0 aliphatic rings. The van der Waals surface area contributed by atoms with Crippen molar-refractivity contribution >= 4 is 5.91 Å². The zero-order valence-electron chi connectivity index (χ0n) is 12.7. The number of hydrogen-bond donors (Lipinski definition) is 2. The lowest BCUT2D eigenvalue weighted by molar-refractivity contribution is -0.122. The van der Waals surface area contributed by atoms with Crippen LogP contribution >= 0.6 is 0 Å². The van der Waals surface area contributed by atoms with Crippen LogP contribution in [-0.2, 0) is 4.79 Å². The smallest absolute Gasteiger partial charge is 0.237 e. The molecule has 112 valence electrons. The van der Waals surface area contributed by atoms with E-state index in [0.29, 0.717) is 25.5 Å². The highest BCUT2D eigenvalue weighted by molar-refractivity contribution is 5.81. The van der Waals surface area contributed by atoms with Crippen molar-refractivity contribution < 1.29 is 9.53 Å². The molecule has 1 aromatic carbocycles. The van der Waals surface area contributed by atoms with Gasteiger partial charge in [-0.2, -0.15) is 0 Å². The molecule has 0 saturated carbocycles. The van der Waals surface area contributed by atoms with Crippen molar-refractivity contribution in [1.29, 1.82) is 0 Å². The molecule has 1 aromatic rings. The van der Waals surface area contributed by atoms with E-state index in [4.69, 9.17) is 10.5 Å². The molecule has 4 nitrogen and oxygen atoms in total. The molecule has 0 fully saturated rings. The summed E-state index contributed by atoms with van der Waals surface area (Å²) >= 11 is 0. The molecule has 4 heteroatoms. The van der Waals surface area contributed by atoms with Crippen molar-refractivity contribution in [3.63, 3.8) is 0 Å². The van der Waals surface area contributed by atoms with Gasteiger partial charge in [-0.25, -0.2) is 0 Å². The van der Waals surface area contributed by atoms with Gasteiger partial charge in [-0.15, -0.1) is 0 Å². The van der Waals surface area contributed by atoms with E-state index >= 15 is 0 Å². The number of benzene rings is 1. The first-order valence-electron chi connectivity index (χ1n) is 7.31. The number of nitrogens with one attached hydrogen (secondary N) is 1. The maximum atomic E-state index is 11.6. The van der Waals surface area contributed by atoms with Gasteiger partial charge >= 0.3 is 0 Å². The average Bonchev–Trinajstić information content (AvgIpc) is 2.43. The summed E-state index contributed by atoms with van der Waals surface area (Å²) < 4.78 is 5.73. The molecule has 1 amide bonds. The molecule has 1 rings (SSSR count). The van der Waals surface area contributed by atoms with Crippen molar-refractivity contribution in [3.8, 4) is 5.75 Å². The zero-order chi connectivity index (χ0) is 15.0. The largest absolute Gasteiger partial charge is 0.491 e. The molecule has 3 N–H and O–H groups in total. The maximum Gasteiger partial charge on any atom is 0.237 e. The van der Waals surface area contributed by atoms with Crippen LogP contribution in [0.1, 0.15) is 45.1 Å². The van der Waals surface area contributed by atoms with Gasteiger partial charge in [0.05, 0.1) is 12.6 Å². The molecule has 0 heterocycles. The Bertz CT molecular complexity index is 419. The van der Waals surface area contributed by atoms with Crippen LogP contribution in [0.4, 0.5) is 0 Å². The predicted molar refractivity (Wildman–Crippen MR) is 81.9 cm³/mol. The Kier molecular flexibility index (Phi) is 7.09. The second-order valence-electron chi connectivity index (χ2n) is 5.23. The predicted octanol–water partition coefficient (Wildman–Crippen LogP) is 2.43. The van der Waals surface area contributed by atoms with Crippen LogP contribution in [0.15, 0.2) is 24.3 Å². The normalized spacial score (nSPS) is 12.2. The minimum absolute atomic E-state index is 0.104. The Hall–Kier alpha value is -1.55. The molecule has 0 radical (unpaired) electrons. The third kappa shape index (κ3) is 5.21. The van der Waals surface area contributed by atoms with Crippen LogP contribution in [0.25, 0.3) is 0 Å². The van der Waals surface area contributed by atoms with E-state index < -0.39 is 6.04 Å². The Morgan fingerprint density at radius 3 is 2.70 bits per heavy atom. The monoisotopic (exact) mass is 278 g/mol. The molecular weight excluding hydrogens is 252 g/mol. The number of carbonyl (C=O) groups excluding carboxylic acids is 1. The van der Waals surface area contributed by atoms with Gasteiger partial charge in [0.2, 0.25) is 5.91 Å². The first-order valence-corrected chi connectivity index (χ1v) is 7.31. The van der Waals surface area contributed by atoms with Crippen LogP contribution in [0.5, 0.6) is 5.75 Å². The number of nitrogens with two attached hydrogens (primary N) is 1. The highest BCUT2D eigenvalue weighted by atomic mass is 16.5. The molecule has 0 aliphatic carbocycles. The highest BCUT2D eigenvalue weighted by Gasteiger charge is 2.11. The maximum absolute atomic E-state index is 11.6. The van der Waals surface area contributed by atoms with Gasteiger partial charge in [0.25, 0.3) is 0 Å². The molecule has 1 atom stereocenters. The van der Waals surface area contributed by atoms with Crippen LogP contribution in [0, 0.1) is 0 Å². The summed E-state index contributed by atoms with van der Waals surface area (Å²) in [7, 11) is 0. The van der Waals surface area contributed by atoms with Gasteiger partial charge in [-0.3, -0.25) is 4.79 Å². The van der Waals surface area contributed by atoms with E-state index in [1.165, 1.54) is 5.56 Å². The van der Waals surface area contributed by atoms with E-state index in [2.05, 4.69) is 25.2 Å². The van der Waals surface area contributed by atoms with Crippen LogP contribution in [0.3, 0.4) is 0 Å². The van der Waals surface area contributed by atoms with Crippen LogP contribution < -0.4 is 15.8 Å². The number of carbonyl (C=O) groups is 1. The van der Waals surface area contributed by atoms with Gasteiger partial charge in [0.1, 0.15) is 12.4 Å². The lowest BCUT2D eigenvalue weighted by atomic mass is 10.0. The minimum atomic E-state index is -0.414. The van der Waals surface area contributed by atoms with Crippen molar-refractivity contribution in [2.45, 2.75) is 45.6 Å². The Morgan fingerprint density at radius 2 is 2.05 bits per heavy atom. The number of rotatable bonds is 8. The Morgan fingerprint density at radius 1 is 1.35 bits per heavy atom. The van der Waals surface area contributed by atoms with E-state index in [0.717, 1.165) is 12.2 Å². The number of amides is 1. The summed E-state index contributed by atoms with van der Waals surface area (Å²) in [5, 5.41) is 2.80. The number of ether oxygens (including phenoxy) is 1. The topological polar surface area (TPSA) is 64.4 Å². The molecule has 0 aliphatic heterocycles. The summed E-state index contributed by atoms with van der Waals surface area (Å²) in [5.74, 6) is 1.20. The lowest BCUT2D eigenvalue weighted by Gasteiger charge is -2.15. The second-order valence-corrected chi connectivity index (χ2v) is 5.23. The molecule has 0 saturated heterocycles. The standard InChI is InChI=1S/C16H26N2O2/c1-4-7-14(17)16(19)18-10-11-20-15-9-6-5-8-13(15)12(2)3/h5-6,8-9,12,14H,4,7,10-11,17H2,1-3H3,(H,18,19). The molecular formula is C16H26N2O2.